The van der Waals surface area contributed by atoms with E-state index in [-0.39, 0.29) is 35.8 Å². The summed E-state index contributed by atoms with van der Waals surface area (Å²) >= 11 is 0. The number of hydrogen-bond donors (Lipinski definition) is 4. The van der Waals surface area contributed by atoms with E-state index >= 15 is 0 Å². The lowest BCUT2D eigenvalue weighted by atomic mass is 10.2. The summed E-state index contributed by atoms with van der Waals surface area (Å²) in [6.07, 6.45) is 3.17. The van der Waals surface area contributed by atoms with E-state index in [1.54, 1.807) is 0 Å². The maximum Gasteiger partial charge on any atom is 0.314 e. The van der Waals surface area contributed by atoms with Crippen LogP contribution < -0.4 is 16.8 Å². The lowest BCUT2D eigenvalue weighted by molar-refractivity contribution is -0.144. The van der Waals surface area contributed by atoms with E-state index in [9.17, 15) is 14.0 Å². The summed E-state index contributed by atoms with van der Waals surface area (Å²) in [7, 11) is 0. The van der Waals surface area contributed by atoms with Crippen molar-refractivity contribution in [3.05, 3.63) is 77.5 Å². The van der Waals surface area contributed by atoms with Gasteiger partial charge in [-0.25, -0.2) is 9.37 Å². The van der Waals surface area contributed by atoms with Gasteiger partial charge in [0.15, 0.2) is 0 Å². The van der Waals surface area contributed by atoms with Crippen molar-refractivity contribution in [1.29, 1.82) is 5.41 Å². The first-order valence-electron chi connectivity index (χ1n) is 9.18. The van der Waals surface area contributed by atoms with Crippen LogP contribution >= 0.6 is 0 Å². The summed E-state index contributed by atoms with van der Waals surface area (Å²) in [4.78, 5) is 34.7. The highest BCUT2D eigenvalue weighted by Gasteiger charge is 2.24. The minimum Gasteiger partial charge on any atom is -0.396 e. The Hall–Kier alpha value is -4.34. The zero-order valence-electron chi connectivity index (χ0n) is 16.4. The van der Waals surface area contributed by atoms with Crippen LogP contribution in [0.25, 0.3) is 0 Å². The highest BCUT2D eigenvalue weighted by molar-refractivity contribution is 6.39. The molecule has 0 aliphatic heterocycles. The summed E-state index contributed by atoms with van der Waals surface area (Å²) in [5, 5.41) is 9.79. The van der Waals surface area contributed by atoms with Crippen LogP contribution in [-0.2, 0) is 22.7 Å². The van der Waals surface area contributed by atoms with Gasteiger partial charge in [-0.05, 0) is 17.7 Å². The van der Waals surface area contributed by atoms with E-state index in [0.717, 1.165) is 18.0 Å². The third-order valence-corrected chi connectivity index (χ3v) is 4.42. The van der Waals surface area contributed by atoms with Crippen molar-refractivity contribution in [3.63, 3.8) is 0 Å². The Bertz CT molecular complexity index is 1100. The number of nitrogens with zero attached hydrogens (tertiary/aromatic N) is 3. The number of halogens is 1. The molecule has 0 unspecified atom stereocenters. The molecule has 0 spiro atoms. The molecule has 2 heterocycles. The third-order valence-electron chi connectivity index (χ3n) is 4.42. The average Bonchev–Trinajstić information content (AvgIpc) is 2.77. The highest BCUT2D eigenvalue weighted by atomic mass is 19.1. The van der Waals surface area contributed by atoms with E-state index in [2.05, 4.69) is 15.3 Å². The van der Waals surface area contributed by atoms with Gasteiger partial charge in [-0.3, -0.25) is 14.6 Å². The fourth-order valence-electron chi connectivity index (χ4n) is 2.83. The molecule has 0 radical (unpaired) electrons. The van der Waals surface area contributed by atoms with Gasteiger partial charge >= 0.3 is 11.8 Å². The molecule has 1 aromatic carbocycles. The summed E-state index contributed by atoms with van der Waals surface area (Å²) in [5.74, 6) is -2.27. The van der Waals surface area contributed by atoms with Crippen molar-refractivity contribution in [3.8, 4) is 0 Å². The molecule has 0 aliphatic carbocycles. The number of amides is 2. The highest BCUT2D eigenvalue weighted by Crippen LogP contribution is 2.24. The summed E-state index contributed by atoms with van der Waals surface area (Å²) in [6, 6.07) is 11.8. The molecule has 2 aromatic heterocycles. The van der Waals surface area contributed by atoms with Crippen LogP contribution in [-0.4, -0.2) is 32.9 Å². The number of aromatic nitrogens is 2. The number of nitrogens with two attached hydrogens (primary N) is 2. The Morgan fingerprint density at radius 1 is 1.06 bits per heavy atom. The third kappa shape index (κ3) is 5.18. The normalized spacial score (nSPS) is 10.4. The maximum atomic E-state index is 13.2. The number of carbonyl (C=O) groups is 2. The summed E-state index contributed by atoms with van der Waals surface area (Å²) < 4.78 is 13.2. The van der Waals surface area contributed by atoms with Gasteiger partial charge in [0.25, 0.3) is 0 Å². The standard InChI is InChI=1S/C21H20FN7O2/c22-14-6-7-15(26-9-14)12-29(11-13-4-2-1-3-5-13)21(31)20(30)28-17-10-27-19(25)16(8-23)18(17)24/h1-10,23H,11-12H2,(H,28,30)(H4,24,25,27). The van der Waals surface area contributed by atoms with Crippen LogP contribution in [0.15, 0.2) is 54.9 Å². The largest absolute Gasteiger partial charge is 0.396 e. The molecule has 0 saturated heterocycles. The Balaban J connectivity index is 1.83. The van der Waals surface area contributed by atoms with Gasteiger partial charge in [-0.2, -0.15) is 0 Å². The second-order valence-corrected chi connectivity index (χ2v) is 6.60. The average molecular weight is 421 g/mol. The smallest absolute Gasteiger partial charge is 0.314 e. The first-order chi connectivity index (χ1) is 14.9. The monoisotopic (exact) mass is 421 g/mol. The molecule has 9 nitrogen and oxygen atoms in total. The zero-order valence-corrected chi connectivity index (χ0v) is 16.4. The Morgan fingerprint density at radius 3 is 2.45 bits per heavy atom. The molecule has 0 saturated carbocycles. The van der Waals surface area contributed by atoms with Gasteiger partial charge in [0.2, 0.25) is 0 Å². The topological polar surface area (TPSA) is 151 Å². The van der Waals surface area contributed by atoms with E-state index in [1.807, 2.05) is 30.3 Å². The van der Waals surface area contributed by atoms with Gasteiger partial charge in [0.05, 0.1) is 41.6 Å². The number of benzene rings is 1. The fourth-order valence-corrected chi connectivity index (χ4v) is 2.83. The SMILES string of the molecule is N=Cc1c(N)ncc(NC(=O)C(=O)N(Cc2ccccc2)Cc2ccc(F)cn2)c1N. The van der Waals surface area contributed by atoms with Crippen molar-refractivity contribution >= 4 is 35.2 Å². The van der Waals surface area contributed by atoms with Crippen molar-refractivity contribution in [2.24, 2.45) is 0 Å². The summed E-state index contributed by atoms with van der Waals surface area (Å²) in [6.45, 7) is 0.121. The van der Waals surface area contributed by atoms with Crippen molar-refractivity contribution in [2.45, 2.75) is 13.1 Å². The van der Waals surface area contributed by atoms with E-state index in [0.29, 0.717) is 5.69 Å². The quantitative estimate of drug-likeness (QED) is 0.353. The first kappa shape index (κ1) is 21.4. The zero-order chi connectivity index (χ0) is 22.4. The predicted molar refractivity (Wildman–Crippen MR) is 114 cm³/mol. The lowest BCUT2D eigenvalue weighted by Crippen LogP contribution is -2.39. The van der Waals surface area contributed by atoms with E-state index in [4.69, 9.17) is 16.9 Å². The second-order valence-electron chi connectivity index (χ2n) is 6.60. The number of pyridine rings is 2. The van der Waals surface area contributed by atoms with Crippen molar-refractivity contribution < 1.29 is 14.0 Å². The Kier molecular flexibility index (Phi) is 6.51. The number of hydrogen-bond acceptors (Lipinski definition) is 7. The molecule has 0 aliphatic rings. The minimum atomic E-state index is -0.952. The van der Waals surface area contributed by atoms with Gasteiger partial charge in [0, 0.05) is 12.8 Å². The van der Waals surface area contributed by atoms with Gasteiger partial charge in [-0.1, -0.05) is 30.3 Å². The van der Waals surface area contributed by atoms with Gasteiger partial charge in [0.1, 0.15) is 11.6 Å². The molecule has 3 rings (SSSR count). The van der Waals surface area contributed by atoms with Gasteiger partial charge in [-0.15, -0.1) is 0 Å². The van der Waals surface area contributed by atoms with Crippen LogP contribution in [0.2, 0.25) is 0 Å². The Labute approximate surface area is 177 Å². The number of rotatable bonds is 6. The predicted octanol–water partition coefficient (Wildman–Crippen LogP) is 1.95. The number of carbonyl (C=O) groups excluding carboxylic acids is 2. The molecule has 3 aromatic rings. The maximum absolute atomic E-state index is 13.2. The van der Waals surface area contributed by atoms with Gasteiger partial charge < -0.3 is 27.1 Å². The molecule has 2 amide bonds. The molecule has 158 valence electrons. The molecule has 6 N–H and O–H groups in total. The molecule has 0 bridgehead atoms. The van der Waals surface area contributed by atoms with Crippen LogP contribution in [0.5, 0.6) is 0 Å². The molecule has 0 atom stereocenters. The lowest BCUT2D eigenvalue weighted by Gasteiger charge is -2.22. The molecular formula is C21H20FN7O2. The first-order valence-corrected chi connectivity index (χ1v) is 9.18. The second kappa shape index (κ2) is 9.44. The van der Waals surface area contributed by atoms with Crippen LogP contribution in [0, 0.1) is 11.2 Å². The van der Waals surface area contributed by atoms with E-state index in [1.165, 1.54) is 23.2 Å². The number of anilines is 3. The van der Waals surface area contributed by atoms with Crippen LogP contribution in [0.1, 0.15) is 16.8 Å². The molecule has 0 fully saturated rings. The molecule has 10 heteroatoms. The van der Waals surface area contributed by atoms with Crippen molar-refractivity contribution in [2.75, 3.05) is 16.8 Å². The molecule has 31 heavy (non-hydrogen) atoms. The number of nitrogen functional groups attached to an aromatic ring is 2. The minimum absolute atomic E-state index is 0.0113. The Morgan fingerprint density at radius 2 is 1.81 bits per heavy atom. The van der Waals surface area contributed by atoms with E-state index < -0.39 is 17.6 Å². The number of nitrogens with one attached hydrogen (secondary N) is 2. The van der Waals surface area contributed by atoms with Crippen LogP contribution in [0.3, 0.4) is 0 Å². The van der Waals surface area contributed by atoms with Crippen LogP contribution in [0.4, 0.5) is 21.6 Å². The van der Waals surface area contributed by atoms with Crippen molar-refractivity contribution in [1.82, 2.24) is 14.9 Å². The molecular weight excluding hydrogens is 401 g/mol. The fraction of sp³-hybridized carbons (Fsp3) is 0.0952. The summed E-state index contributed by atoms with van der Waals surface area (Å²) in [5.41, 5.74) is 13.0.